The van der Waals surface area contributed by atoms with E-state index in [0.29, 0.717) is 0 Å². The van der Waals surface area contributed by atoms with E-state index >= 15 is 0 Å². The van der Waals surface area contributed by atoms with E-state index in [-0.39, 0.29) is 24.2 Å². The molecule has 6 N–H and O–H groups in total. The van der Waals surface area contributed by atoms with Crippen molar-refractivity contribution in [1.82, 2.24) is 10.6 Å². The van der Waals surface area contributed by atoms with E-state index in [1.807, 2.05) is 0 Å². The quantitative estimate of drug-likeness (QED) is 0.212. The predicted molar refractivity (Wildman–Crippen MR) is 83.9 cm³/mol. The van der Waals surface area contributed by atoms with Crippen LogP contribution in [0, 0.1) is 10.1 Å². The molecule has 0 unspecified atom stereocenters. The Morgan fingerprint density at radius 2 is 1.36 bits per heavy atom. The van der Waals surface area contributed by atoms with Gasteiger partial charge in [0.2, 0.25) is 0 Å². The summed E-state index contributed by atoms with van der Waals surface area (Å²) in [6.45, 7) is -1.70. The van der Waals surface area contributed by atoms with Gasteiger partial charge >= 0.3 is 0 Å². The van der Waals surface area contributed by atoms with E-state index in [9.17, 15) is 29.9 Å². The van der Waals surface area contributed by atoms with Crippen molar-refractivity contribution in [3.05, 3.63) is 39.4 Å². The lowest BCUT2D eigenvalue weighted by Gasteiger charge is -2.11. The molecular formula is C14H19N3O8. The number of hydrogen-bond acceptors (Lipinski definition) is 8. The van der Waals surface area contributed by atoms with Crippen LogP contribution in [0.4, 0.5) is 5.69 Å². The van der Waals surface area contributed by atoms with E-state index in [1.165, 1.54) is 0 Å². The van der Waals surface area contributed by atoms with Crippen molar-refractivity contribution in [3.8, 4) is 0 Å². The van der Waals surface area contributed by atoms with Gasteiger partial charge in [-0.2, -0.15) is 0 Å². The van der Waals surface area contributed by atoms with Gasteiger partial charge < -0.3 is 31.1 Å². The topological polar surface area (TPSA) is 182 Å². The molecule has 25 heavy (non-hydrogen) atoms. The monoisotopic (exact) mass is 357 g/mol. The molecule has 0 aliphatic heterocycles. The second kappa shape index (κ2) is 9.64. The summed E-state index contributed by atoms with van der Waals surface area (Å²) in [4.78, 5) is 34.2. The molecule has 11 heteroatoms. The fourth-order valence-corrected chi connectivity index (χ4v) is 1.73. The van der Waals surface area contributed by atoms with Crippen LogP contribution in [-0.2, 0) is 0 Å². The van der Waals surface area contributed by atoms with Crippen molar-refractivity contribution in [2.24, 2.45) is 0 Å². The Hall–Kier alpha value is -2.60. The Morgan fingerprint density at radius 1 is 0.960 bits per heavy atom. The van der Waals surface area contributed by atoms with E-state index < -0.39 is 47.8 Å². The number of nitrogens with one attached hydrogen (secondary N) is 2. The third kappa shape index (κ3) is 6.43. The number of rotatable bonds is 9. The van der Waals surface area contributed by atoms with Gasteiger partial charge in [-0.25, -0.2) is 0 Å². The lowest BCUT2D eigenvalue weighted by Crippen LogP contribution is -2.35. The molecule has 0 bridgehead atoms. The molecule has 0 aliphatic rings. The molecule has 1 aromatic carbocycles. The van der Waals surface area contributed by atoms with Gasteiger partial charge in [0.25, 0.3) is 17.5 Å². The summed E-state index contributed by atoms with van der Waals surface area (Å²) in [5.74, 6) is -1.55. The first-order valence-electron chi connectivity index (χ1n) is 7.22. The van der Waals surface area contributed by atoms with Crippen LogP contribution in [0.25, 0.3) is 0 Å². The van der Waals surface area contributed by atoms with Gasteiger partial charge in [0, 0.05) is 36.3 Å². The van der Waals surface area contributed by atoms with Crippen molar-refractivity contribution in [2.75, 3.05) is 26.3 Å². The zero-order valence-corrected chi connectivity index (χ0v) is 13.1. The van der Waals surface area contributed by atoms with Crippen LogP contribution in [-0.4, -0.2) is 75.7 Å². The molecule has 0 aliphatic carbocycles. The maximum absolute atomic E-state index is 12.0. The fraction of sp³-hybridized carbons (Fsp3) is 0.429. The number of carbonyl (C=O) groups is 2. The molecular weight excluding hydrogens is 338 g/mol. The van der Waals surface area contributed by atoms with Gasteiger partial charge in [-0.05, 0) is 6.07 Å². The van der Waals surface area contributed by atoms with E-state index in [2.05, 4.69) is 10.6 Å². The predicted octanol–water partition coefficient (Wildman–Crippen LogP) is -2.24. The molecule has 0 fully saturated rings. The number of aliphatic hydroxyl groups is 4. The van der Waals surface area contributed by atoms with Gasteiger partial charge in [-0.15, -0.1) is 0 Å². The van der Waals surface area contributed by atoms with Gasteiger partial charge in [0.15, 0.2) is 0 Å². The first-order valence-corrected chi connectivity index (χ1v) is 7.22. The van der Waals surface area contributed by atoms with Crippen molar-refractivity contribution in [2.45, 2.75) is 12.2 Å². The third-order valence-electron chi connectivity index (χ3n) is 3.07. The largest absolute Gasteiger partial charge is 0.394 e. The molecule has 1 aromatic rings. The van der Waals surface area contributed by atoms with Crippen molar-refractivity contribution >= 4 is 17.5 Å². The fourth-order valence-electron chi connectivity index (χ4n) is 1.73. The van der Waals surface area contributed by atoms with Crippen molar-refractivity contribution in [3.63, 3.8) is 0 Å². The zero-order chi connectivity index (χ0) is 19.0. The zero-order valence-electron chi connectivity index (χ0n) is 13.1. The summed E-state index contributed by atoms with van der Waals surface area (Å²) < 4.78 is 0. The van der Waals surface area contributed by atoms with Crippen LogP contribution >= 0.6 is 0 Å². The Morgan fingerprint density at radius 3 is 1.68 bits per heavy atom. The Bertz CT molecular complexity index is 592. The average molecular weight is 357 g/mol. The minimum Gasteiger partial charge on any atom is -0.394 e. The normalized spacial score (nSPS) is 13.0. The highest BCUT2D eigenvalue weighted by Gasteiger charge is 2.19. The minimum absolute atomic E-state index is 0.188. The second-order valence-corrected chi connectivity index (χ2v) is 5.12. The van der Waals surface area contributed by atoms with Gasteiger partial charge in [-0.3, -0.25) is 19.7 Å². The number of nitrogens with zero attached hydrogens (tertiary/aromatic N) is 1. The lowest BCUT2D eigenvalue weighted by atomic mass is 10.1. The Kier molecular flexibility index (Phi) is 7.88. The molecule has 2 atom stereocenters. The number of amides is 2. The number of non-ortho nitro benzene ring substituents is 1. The molecule has 1 rings (SSSR count). The van der Waals surface area contributed by atoms with E-state index in [0.717, 1.165) is 18.2 Å². The first-order chi connectivity index (χ1) is 11.8. The minimum atomic E-state index is -1.19. The first kappa shape index (κ1) is 20.4. The van der Waals surface area contributed by atoms with Crippen LogP contribution in [0.3, 0.4) is 0 Å². The Labute approximate surface area is 142 Å². The molecule has 0 saturated heterocycles. The molecule has 11 nitrogen and oxygen atoms in total. The van der Waals surface area contributed by atoms with Crippen molar-refractivity contribution in [1.29, 1.82) is 0 Å². The van der Waals surface area contributed by atoms with Gasteiger partial charge in [0.1, 0.15) is 0 Å². The highest BCUT2D eigenvalue weighted by Crippen LogP contribution is 2.17. The van der Waals surface area contributed by atoms with Crippen LogP contribution in [0.5, 0.6) is 0 Å². The highest BCUT2D eigenvalue weighted by atomic mass is 16.6. The maximum Gasteiger partial charge on any atom is 0.271 e. The second-order valence-electron chi connectivity index (χ2n) is 5.12. The molecule has 0 saturated carbocycles. The third-order valence-corrected chi connectivity index (χ3v) is 3.07. The SMILES string of the molecule is O=C(NC[C@H](O)CO)c1cc(C(=O)NC[C@H](O)CO)cc([N+](=O)[O-])c1. The van der Waals surface area contributed by atoms with Crippen LogP contribution in [0.15, 0.2) is 18.2 Å². The number of hydrogen-bond donors (Lipinski definition) is 6. The molecule has 0 aromatic heterocycles. The van der Waals surface area contributed by atoms with Gasteiger partial charge in [0.05, 0.1) is 30.3 Å². The van der Waals surface area contributed by atoms with E-state index in [4.69, 9.17) is 10.2 Å². The highest BCUT2D eigenvalue weighted by molar-refractivity contribution is 6.00. The molecule has 0 radical (unpaired) electrons. The van der Waals surface area contributed by atoms with Crippen LogP contribution in [0.2, 0.25) is 0 Å². The maximum atomic E-state index is 12.0. The van der Waals surface area contributed by atoms with Crippen molar-refractivity contribution < 1.29 is 34.9 Å². The number of nitro benzene ring substituents is 1. The van der Waals surface area contributed by atoms with Gasteiger partial charge in [-0.1, -0.05) is 0 Å². The molecule has 138 valence electrons. The number of carbonyl (C=O) groups excluding carboxylic acids is 2. The average Bonchev–Trinajstić information content (AvgIpc) is 2.62. The summed E-state index contributed by atoms with van der Waals surface area (Å²) in [5.41, 5.74) is -0.873. The molecule has 2 amide bonds. The number of aliphatic hydroxyl groups excluding tert-OH is 4. The number of nitro groups is 1. The van der Waals surface area contributed by atoms with Crippen LogP contribution in [0.1, 0.15) is 20.7 Å². The van der Waals surface area contributed by atoms with E-state index in [1.54, 1.807) is 0 Å². The standard InChI is InChI=1S/C14H19N3O8/c18-6-11(20)4-15-13(22)8-1-9(3-10(2-8)17(24)25)14(23)16-5-12(21)7-19/h1-3,11-12,18-21H,4-7H2,(H,15,22)(H,16,23)/t11-,12-/m0/s1. The smallest absolute Gasteiger partial charge is 0.271 e. The summed E-state index contributed by atoms with van der Waals surface area (Å²) in [6.07, 6.45) is -2.38. The lowest BCUT2D eigenvalue weighted by molar-refractivity contribution is -0.384. The Balaban J connectivity index is 2.98. The summed E-state index contributed by atoms with van der Waals surface area (Å²) >= 11 is 0. The summed E-state index contributed by atoms with van der Waals surface area (Å²) in [6, 6.07) is 3.02. The summed E-state index contributed by atoms with van der Waals surface area (Å²) in [7, 11) is 0. The number of benzene rings is 1. The molecule has 0 heterocycles. The summed E-state index contributed by atoms with van der Waals surface area (Å²) in [5, 5.41) is 51.3. The van der Waals surface area contributed by atoms with Crippen LogP contribution < -0.4 is 10.6 Å². The molecule has 0 spiro atoms.